The van der Waals surface area contributed by atoms with E-state index in [-0.39, 0.29) is 5.84 Å². The number of carbonyl (C=O) groups excluding carboxylic acids is 1. The molecule has 2 saturated heterocycles. The predicted octanol–water partition coefficient (Wildman–Crippen LogP) is -4.10. The number of nitrogens with one attached hydrogen (secondary N) is 2. The van der Waals surface area contributed by atoms with Crippen molar-refractivity contribution in [1.82, 2.24) is 5.32 Å². The van der Waals surface area contributed by atoms with Crippen molar-refractivity contribution in [3.63, 3.8) is 0 Å². The van der Waals surface area contributed by atoms with Crippen LogP contribution in [0.5, 0.6) is 0 Å². The van der Waals surface area contributed by atoms with Crippen LogP contribution in [0.1, 0.15) is 0 Å². The summed E-state index contributed by atoms with van der Waals surface area (Å²) in [6, 6.07) is -0.915. The molecule has 0 radical (unpaired) electrons. The van der Waals surface area contributed by atoms with Crippen molar-refractivity contribution in [2.45, 2.75) is 49.1 Å². The van der Waals surface area contributed by atoms with Crippen molar-refractivity contribution < 1.29 is 49.4 Å². The number of aliphatic hydroxyl groups excluding tert-OH is 6. The molecule has 26 heavy (non-hydrogen) atoms. The monoisotopic (exact) mass is 376 g/mol. The lowest BCUT2D eigenvalue weighted by Gasteiger charge is -2.43. The summed E-state index contributed by atoms with van der Waals surface area (Å²) in [4.78, 5) is 12.8. The second-order valence-corrected chi connectivity index (χ2v) is 6.45. The van der Waals surface area contributed by atoms with Gasteiger partial charge >= 0.3 is 6.03 Å². The van der Waals surface area contributed by atoms with E-state index in [1.54, 1.807) is 0 Å². The van der Waals surface area contributed by atoms with Crippen molar-refractivity contribution in [1.29, 1.82) is 5.41 Å². The summed E-state index contributed by atoms with van der Waals surface area (Å²) in [7, 11) is 0. The highest BCUT2D eigenvalue weighted by Gasteiger charge is 2.66. The Hall–Kier alpha value is -1.48. The Kier molecular flexibility index (Phi) is 5.13. The molecule has 8 N–H and O–H groups in total. The van der Waals surface area contributed by atoms with Gasteiger partial charge in [-0.05, 0) is 0 Å². The summed E-state index contributed by atoms with van der Waals surface area (Å²) in [5.41, 5.74) is 0. The van der Waals surface area contributed by atoms with Crippen LogP contribution in [0.15, 0.2) is 12.3 Å². The molecule has 0 aromatic carbocycles. The lowest BCUT2D eigenvalue weighted by molar-refractivity contribution is -0.904. The van der Waals surface area contributed by atoms with E-state index >= 15 is 0 Å². The topological polar surface area (TPSA) is 193 Å². The van der Waals surface area contributed by atoms with Crippen LogP contribution in [0.25, 0.3) is 0 Å². The highest BCUT2D eigenvalue weighted by molar-refractivity contribution is 6.02. The lowest BCUT2D eigenvalue weighted by Crippen LogP contribution is -2.71. The SMILES string of the molecule is N=C1C=C[N+]([C@@H]2O[C@H](CO)[C@@H](O)[C@H]2O)([C@@H]2O[C@H](CO)[C@@H](O)[C@@H]2O)C(=O)N1. The Morgan fingerprint density at radius 1 is 0.962 bits per heavy atom. The Labute approximate surface area is 147 Å². The quantitative estimate of drug-likeness (QED) is 0.225. The first-order valence-corrected chi connectivity index (χ1v) is 8.00. The lowest BCUT2D eigenvalue weighted by atomic mass is 10.1. The van der Waals surface area contributed by atoms with Gasteiger partial charge in [-0.25, -0.2) is 4.79 Å². The largest absolute Gasteiger partial charge is 0.431 e. The Bertz CT molecular complexity index is 584. The van der Waals surface area contributed by atoms with E-state index in [0.717, 1.165) is 6.20 Å². The van der Waals surface area contributed by atoms with Crippen molar-refractivity contribution in [2.75, 3.05) is 13.2 Å². The molecule has 2 fully saturated rings. The Balaban J connectivity index is 2.06. The van der Waals surface area contributed by atoms with E-state index in [9.17, 15) is 35.4 Å². The molecule has 0 spiro atoms. The minimum absolute atomic E-state index is 0.262. The van der Waals surface area contributed by atoms with Gasteiger partial charge in [0.25, 0.3) is 0 Å². The zero-order valence-electron chi connectivity index (χ0n) is 13.5. The summed E-state index contributed by atoms with van der Waals surface area (Å²) < 4.78 is 9.86. The summed E-state index contributed by atoms with van der Waals surface area (Å²) >= 11 is 0. The first kappa shape index (κ1) is 19.3. The van der Waals surface area contributed by atoms with E-state index < -0.39 is 72.8 Å². The summed E-state index contributed by atoms with van der Waals surface area (Å²) in [6.45, 7) is -1.27. The first-order valence-electron chi connectivity index (χ1n) is 8.00. The van der Waals surface area contributed by atoms with Gasteiger partial charge in [0, 0.05) is 6.08 Å². The number of nitrogens with zero attached hydrogens (tertiary/aromatic N) is 1. The first-order chi connectivity index (χ1) is 12.3. The number of urea groups is 1. The van der Waals surface area contributed by atoms with E-state index in [4.69, 9.17) is 14.9 Å². The number of ether oxygens (including phenoxy) is 2. The zero-order valence-corrected chi connectivity index (χ0v) is 13.5. The van der Waals surface area contributed by atoms with Gasteiger partial charge in [-0.1, -0.05) is 0 Å². The minimum atomic E-state index is -1.64. The van der Waals surface area contributed by atoms with Crippen LogP contribution in [0.2, 0.25) is 0 Å². The number of aliphatic hydroxyl groups is 6. The van der Waals surface area contributed by atoms with Crippen LogP contribution >= 0.6 is 0 Å². The van der Waals surface area contributed by atoms with Crippen LogP contribution in [0, 0.1) is 5.41 Å². The van der Waals surface area contributed by atoms with Gasteiger partial charge in [0.15, 0.2) is 12.2 Å². The van der Waals surface area contributed by atoms with Crippen LogP contribution in [-0.4, -0.2) is 109 Å². The third kappa shape index (κ3) is 2.67. The Morgan fingerprint density at radius 2 is 1.42 bits per heavy atom. The van der Waals surface area contributed by atoms with Gasteiger partial charge in [0.2, 0.25) is 12.5 Å². The van der Waals surface area contributed by atoms with Gasteiger partial charge in [-0.15, -0.1) is 0 Å². The zero-order chi connectivity index (χ0) is 19.2. The molecule has 9 atom stereocenters. The van der Waals surface area contributed by atoms with Crippen LogP contribution in [-0.2, 0) is 9.47 Å². The van der Waals surface area contributed by atoms with E-state index in [1.807, 2.05) is 0 Å². The molecule has 12 nitrogen and oxygen atoms in total. The minimum Gasteiger partial charge on any atom is -0.394 e. The fourth-order valence-electron chi connectivity index (χ4n) is 3.53. The summed E-state index contributed by atoms with van der Waals surface area (Å²) in [5, 5.41) is 69.2. The fourth-order valence-corrected chi connectivity index (χ4v) is 3.53. The molecule has 1 unspecified atom stereocenters. The number of hydrogen-bond donors (Lipinski definition) is 8. The number of rotatable bonds is 4. The van der Waals surface area contributed by atoms with Gasteiger partial charge < -0.3 is 40.1 Å². The molecular formula is C14H22N3O9+. The number of amidine groups is 1. The van der Waals surface area contributed by atoms with Gasteiger partial charge in [0.05, 0.1) is 13.2 Å². The van der Waals surface area contributed by atoms with Gasteiger partial charge in [0.1, 0.15) is 36.5 Å². The molecule has 3 aliphatic heterocycles. The third-order valence-corrected chi connectivity index (χ3v) is 4.96. The maximum absolute atomic E-state index is 12.8. The third-order valence-electron chi connectivity index (χ3n) is 4.96. The normalized spacial score (nSPS) is 48.8. The number of carbonyl (C=O) groups is 1. The van der Waals surface area contributed by atoms with E-state index in [0.29, 0.717) is 0 Å². The number of hydrogen-bond acceptors (Lipinski definition) is 10. The van der Waals surface area contributed by atoms with Crippen LogP contribution < -0.4 is 5.32 Å². The molecule has 0 aromatic heterocycles. The molecular weight excluding hydrogens is 354 g/mol. The van der Waals surface area contributed by atoms with E-state index in [2.05, 4.69) is 5.32 Å². The van der Waals surface area contributed by atoms with Crippen molar-refractivity contribution in [3.05, 3.63) is 12.3 Å². The van der Waals surface area contributed by atoms with Crippen molar-refractivity contribution in [2.24, 2.45) is 0 Å². The van der Waals surface area contributed by atoms with Crippen LogP contribution in [0.3, 0.4) is 0 Å². The molecule has 3 aliphatic rings. The molecule has 12 heteroatoms. The molecule has 3 rings (SSSR count). The molecule has 146 valence electrons. The van der Waals surface area contributed by atoms with E-state index in [1.165, 1.54) is 6.08 Å². The highest BCUT2D eigenvalue weighted by atomic mass is 16.6. The molecule has 0 saturated carbocycles. The van der Waals surface area contributed by atoms with Gasteiger partial charge in [-0.3, -0.25) is 10.7 Å². The molecule has 3 heterocycles. The van der Waals surface area contributed by atoms with Gasteiger partial charge in [-0.2, -0.15) is 4.48 Å². The van der Waals surface area contributed by atoms with Crippen molar-refractivity contribution >= 4 is 11.9 Å². The molecule has 0 aromatic rings. The summed E-state index contributed by atoms with van der Waals surface area (Å²) in [5.74, 6) is -0.262. The highest BCUT2D eigenvalue weighted by Crippen LogP contribution is 2.39. The maximum Gasteiger partial charge on any atom is 0.431 e. The number of amides is 2. The second-order valence-electron chi connectivity index (χ2n) is 6.45. The second kappa shape index (κ2) is 6.92. The van der Waals surface area contributed by atoms with Crippen molar-refractivity contribution in [3.8, 4) is 0 Å². The standard InChI is InChI=1S/C14H21N3O9/c15-7-1-2-17(14(24)16-7,12-10(22)8(20)5(3-18)25-12)13-11(23)9(21)6(4-19)26-13/h1-2,5-6,8-13,18-23H,3-4H2,(H-,15,16,24)/p+1/t5-,6-,8-,9-,10-,11+,12-,13-,17?/m1/s1. The average molecular weight is 376 g/mol. The van der Waals surface area contributed by atoms with Crippen LogP contribution in [0.4, 0.5) is 4.79 Å². The smallest absolute Gasteiger partial charge is 0.394 e. The molecule has 0 bridgehead atoms. The maximum atomic E-state index is 12.8. The predicted molar refractivity (Wildman–Crippen MR) is 81.2 cm³/mol. The average Bonchev–Trinajstić information content (AvgIpc) is 3.07. The number of quaternary nitrogens is 1. The Morgan fingerprint density at radius 3 is 1.77 bits per heavy atom. The molecule has 2 amide bonds. The molecule has 0 aliphatic carbocycles. The fraction of sp³-hybridized carbons (Fsp3) is 0.714. The summed E-state index contributed by atoms with van der Waals surface area (Å²) in [6.07, 6.45) is -9.39.